The van der Waals surface area contributed by atoms with E-state index < -0.39 is 0 Å². The molecule has 1 aromatic rings. The minimum Gasteiger partial charge on any atom is -0.352 e. The summed E-state index contributed by atoms with van der Waals surface area (Å²) in [4.78, 5) is 11.2. The van der Waals surface area contributed by atoms with Crippen LogP contribution in [0.4, 0.5) is 5.82 Å². The van der Waals surface area contributed by atoms with Gasteiger partial charge < -0.3 is 10.6 Å². The first-order valence-electron chi connectivity index (χ1n) is 6.39. The molecule has 0 aliphatic carbocycles. The maximum atomic E-state index is 5.53. The number of nitrogens with zero attached hydrogens (tertiary/aromatic N) is 3. The van der Waals surface area contributed by atoms with Crippen LogP contribution in [0.5, 0.6) is 0 Å². The zero-order chi connectivity index (χ0) is 12.4. The predicted molar refractivity (Wildman–Crippen MR) is 69.7 cm³/mol. The highest BCUT2D eigenvalue weighted by atomic mass is 15.2. The number of piperidine rings is 1. The summed E-state index contributed by atoms with van der Waals surface area (Å²) in [6.07, 6.45) is 4.93. The molecule has 0 bridgehead atoms. The first-order valence-corrected chi connectivity index (χ1v) is 6.39. The molecule has 2 heterocycles. The molecule has 1 fully saturated rings. The number of hydrogen-bond acceptors (Lipinski definition) is 4. The molecule has 4 heteroatoms. The van der Waals surface area contributed by atoms with Crippen molar-refractivity contribution >= 4 is 5.82 Å². The predicted octanol–water partition coefficient (Wildman–Crippen LogP) is 1.81. The molecule has 1 aliphatic rings. The van der Waals surface area contributed by atoms with Gasteiger partial charge in [0.05, 0.1) is 18.1 Å². The summed E-state index contributed by atoms with van der Waals surface area (Å²) in [5.41, 5.74) is 6.38. The highest BCUT2D eigenvalue weighted by molar-refractivity contribution is 5.38. The Morgan fingerprint density at radius 3 is 2.65 bits per heavy atom. The SMILES string of the molecule is CC1CC(C)C(C)N(c2cnc(CN)cn2)C1. The highest BCUT2D eigenvalue weighted by Crippen LogP contribution is 2.29. The van der Waals surface area contributed by atoms with Crippen LogP contribution in [-0.2, 0) is 6.54 Å². The molecule has 1 saturated heterocycles. The van der Waals surface area contributed by atoms with Crippen molar-refractivity contribution in [2.24, 2.45) is 17.6 Å². The summed E-state index contributed by atoms with van der Waals surface area (Å²) < 4.78 is 0. The Labute approximate surface area is 103 Å². The molecule has 0 aromatic carbocycles. The monoisotopic (exact) mass is 234 g/mol. The Balaban J connectivity index is 2.19. The van der Waals surface area contributed by atoms with Gasteiger partial charge in [-0.15, -0.1) is 0 Å². The molecule has 2 N–H and O–H groups in total. The van der Waals surface area contributed by atoms with E-state index in [1.165, 1.54) is 6.42 Å². The van der Waals surface area contributed by atoms with Crippen molar-refractivity contribution in [3.05, 3.63) is 18.1 Å². The van der Waals surface area contributed by atoms with Gasteiger partial charge in [-0.2, -0.15) is 0 Å². The van der Waals surface area contributed by atoms with Gasteiger partial charge in [-0.1, -0.05) is 13.8 Å². The average molecular weight is 234 g/mol. The zero-order valence-electron chi connectivity index (χ0n) is 10.9. The van der Waals surface area contributed by atoms with Gasteiger partial charge in [0.2, 0.25) is 0 Å². The van der Waals surface area contributed by atoms with Crippen molar-refractivity contribution in [2.45, 2.75) is 39.8 Å². The third-order valence-electron chi connectivity index (χ3n) is 3.79. The van der Waals surface area contributed by atoms with E-state index in [2.05, 4.69) is 35.6 Å². The lowest BCUT2D eigenvalue weighted by molar-refractivity contribution is 0.295. The van der Waals surface area contributed by atoms with Gasteiger partial charge in [0, 0.05) is 19.1 Å². The lowest BCUT2D eigenvalue weighted by atomic mass is 9.86. The van der Waals surface area contributed by atoms with Crippen LogP contribution < -0.4 is 10.6 Å². The number of rotatable bonds is 2. The van der Waals surface area contributed by atoms with E-state index in [0.29, 0.717) is 18.5 Å². The van der Waals surface area contributed by atoms with Crippen molar-refractivity contribution in [2.75, 3.05) is 11.4 Å². The topological polar surface area (TPSA) is 55.0 Å². The quantitative estimate of drug-likeness (QED) is 0.848. The van der Waals surface area contributed by atoms with Gasteiger partial charge in [0.1, 0.15) is 5.82 Å². The molecule has 1 aliphatic heterocycles. The van der Waals surface area contributed by atoms with Crippen LogP contribution in [0.15, 0.2) is 12.4 Å². The Morgan fingerprint density at radius 1 is 1.29 bits per heavy atom. The van der Waals surface area contributed by atoms with Crippen LogP contribution >= 0.6 is 0 Å². The Kier molecular flexibility index (Phi) is 3.62. The van der Waals surface area contributed by atoms with Crippen molar-refractivity contribution in [3.8, 4) is 0 Å². The third-order valence-corrected chi connectivity index (χ3v) is 3.79. The average Bonchev–Trinajstić information content (AvgIpc) is 2.34. The molecule has 0 radical (unpaired) electrons. The number of aromatic nitrogens is 2. The van der Waals surface area contributed by atoms with Crippen LogP contribution in [0.3, 0.4) is 0 Å². The van der Waals surface area contributed by atoms with Crippen LogP contribution in [-0.4, -0.2) is 22.6 Å². The van der Waals surface area contributed by atoms with Gasteiger partial charge >= 0.3 is 0 Å². The summed E-state index contributed by atoms with van der Waals surface area (Å²) in [6, 6.07) is 0.532. The standard InChI is InChI=1S/C13H22N4/c1-9-4-10(2)11(3)17(8-9)13-7-15-12(5-14)6-16-13/h6-7,9-11H,4-5,8,14H2,1-3H3. The molecule has 4 nitrogen and oxygen atoms in total. The minimum absolute atomic E-state index is 0.454. The molecule has 0 amide bonds. The smallest absolute Gasteiger partial charge is 0.147 e. The van der Waals surface area contributed by atoms with Gasteiger partial charge in [-0.25, -0.2) is 4.98 Å². The molecule has 0 spiro atoms. The van der Waals surface area contributed by atoms with Gasteiger partial charge in [-0.3, -0.25) is 4.98 Å². The minimum atomic E-state index is 0.454. The van der Waals surface area contributed by atoms with Crippen LogP contribution in [0.1, 0.15) is 32.9 Å². The highest BCUT2D eigenvalue weighted by Gasteiger charge is 2.29. The summed E-state index contributed by atoms with van der Waals surface area (Å²) in [5.74, 6) is 2.40. The van der Waals surface area contributed by atoms with E-state index in [1.807, 2.05) is 6.20 Å². The largest absolute Gasteiger partial charge is 0.352 e. The summed E-state index contributed by atoms with van der Waals surface area (Å²) in [5, 5.41) is 0. The van der Waals surface area contributed by atoms with Crippen LogP contribution in [0.2, 0.25) is 0 Å². The fourth-order valence-corrected chi connectivity index (χ4v) is 2.62. The van der Waals surface area contributed by atoms with Crippen LogP contribution in [0, 0.1) is 11.8 Å². The Hall–Kier alpha value is -1.16. The third kappa shape index (κ3) is 2.57. The Morgan fingerprint density at radius 2 is 2.06 bits per heavy atom. The van der Waals surface area contributed by atoms with E-state index in [1.54, 1.807) is 6.20 Å². The van der Waals surface area contributed by atoms with Crippen molar-refractivity contribution in [1.82, 2.24) is 9.97 Å². The second kappa shape index (κ2) is 5.00. The number of anilines is 1. The second-order valence-electron chi connectivity index (χ2n) is 5.28. The normalized spacial score (nSPS) is 29.4. The summed E-state index contributed by atoms with van der Waals surface area (Å²) in [7, 11) is 0. The molecule has 94 valence electrons. The van der Waals surface area contributed by atoms with E-state index in [-0.39, 0.29) is 0 Å². The molecule has 2 rings (SSSR count). The van der Waals surface area contributed by atoms with E-state index in [0.717, 1.165) is 24.0 Å². The zero-order valence-corrected chi connectivity index (χ0v) is 10.9. The fourth-order valence-electron chi connectivity index (χ4n) is 2.62. The van der Waals surface area contributed by atoms with Crippen molar-refractivity contribution in [3.63, 3.8) is 0 Å². The first-order chi connectivity index (χ1) is 8.11. The van der Waals surface area contributed by atoms with Gasteiger partial charge in [0.25, 0.3) is 0 Å². The second-order valence-corrected chi connectivity index (χ2v) is 5.28. The molecule has 1 aromatic heterocycles. The maximum Gasteiger partial charge on any atom is 0.147 e. The van der Waals surface area contributed by atoms with E-state index >= 15 is 0 Å². The molecular formula is C13H22N4. The van der Waals surface area contributed by atoms with Crippen molar-refractivity contribution < 1.29 is 0 Å². The molecule has 0 saturated carbocycles. The fraction of sp³-hybridized carbons (Fsp3) is 0.692. The number of nitrogens with two attached hydrogens (primary N) is 1. The maximum absolute atomic E-state index is 5.53. The van der Waals surface area contributed by atoms with Crippen LogP contribution in [0.25, 0.3) is 0 Å². The lowest BCUT2D eigenvalue weighted by Gasteiger charge is -2.41. The summed E-state index contributed by atoms with van der Waals surface area (Å²) >= 11 is 0. The molecule has 3 unspecified atom stereocenters. The lowest BCUT2D eigenvalue weighted by Crippen LogP contribution is -2.46. The number of hydrogen-bond donors (Lipinski definition) is 1. The summed E-state index contributed by atoms with van der Waals surface area (Å²) in [6.45, 7) is 8.42. The Bertz CT molecular complexity index is 362. The molecular weight excluding hydrogens is 212 g/mol. The van der Waals surface area contributed by atoms with E-state index in [9.17, 15) is 0 Å². The van der Waals surface area contributed by atoms with Gasteiger partial charge in [-0.05, 0) is 25.2 Å². The first kappa shape index (κ1) is 12.3. The van der Waals surface area contributed by atoms with Crippen molar-refractivity contribution in [1.29, 1.82) is 0 Å². The van der Waals surface area contributed by atoms with Gasteiger partial charge in [0.15, 0.2) is 0 Å². The van der Waals surface area contributed by atoms with E-state index in [4.69, 9.17) is 5.73 Å². The molecule has 17 heavy (non-hydrogen) atoms. The molecule has 3 atom stereocenters.